The van der Waals surface area contributed by atoms with Gasteiger partial charge in [-0.2, -0.15) is 0 Å². The number of benzene rings is 1. The van der Waals surface area contributed by atoms with Gasteiger partial charge < -0.3 is 30.6 Å². The molecule has 44 heavy (non-hydrogen) atoms. The Morgan fingerprint density at radius 3 is 2.70 bits per heavy atom. The highest BCUT2D eigenvalue weighted by atomic mass is 35.5. The first-order valence-corrected chi connectivity index (χ1v) is 16.0. The number of carboxylic acids is 1. The summed E-state index contributed by atoms with van der Waals surface area (Å²) >= 11 is 9.88. The number of amides is 3. The number of nitrogens with zero attached hydrogens (tertiary/aromatic N) is 3. The molecule has 3 amide bonds. The molecule has 3 atom stereocenters. The van der Waals surface area contributed by atoms with E-state index in [1.165, 1.54) is 65.3 Å². The molecular weight excluding hydrogens is 656 g/mol. The third-order valence-corrected chi connectivity index (χ3v) is 10.3. The van der Waals surface area contributed by atoms with Crippen molar-refractivity contribution in [3.63, 3.8) is 0 Å². The third kappa shape index (κ3) is 6.54. The van der Waals surface area contributed by atoms with Crippen LogP contribution in [0.1, 0.15) is 17.3 Å². The molecule has 0 saturated carbocycles. The second-order valence-corrected chi connectivity index (χ2v) is 13.0. The van der Waals surface area contributed by atoms with E-state index < -0.39 is 53.2 Å². The maximum atomic E-state index is 13.5. The third-order valence-electron chi connectivity index (χ3n) is 6.58. The number of hydrogen-bond acceptors (Lipinski definition) is 12. The lowest BCUT2D eigenvalue weighted by Crippen LogP contribution is -2.71. The standard InChI is InChI=1S/C26H23ClN6O8S3/c1-11-17(27)21(36)15(6-28-11)41-7-16(35)30-18(12-2-4-14(34)5-3-12)22(37)31-19-23(38)33-20(25(39)40)13(8-42-24(19)33)9-43-26-32-29-10-44-26/h2-6,10,18-19,24,34H,7-9H2,1H3,(H,28,36)(H,30,35)(H,31,37)(H,39,40)/t18-,19?,24-/m1/s1. The summed E-state index contributed by atoms with van der Waals surface area (Å²) in [4.78, 5) is 67.9. The van der Waals surface area contributed by atoms with Crippen molar-refractivity contribution in [2.45, 2.75) is 28.7 Å². The molecule has 0 spiro atoms. The average molecular weight is 679 g/mol. The lowest BCUT2D eigenvalue weighted by Gasteiger charge is -2.49. The van der Waals surface area contributed by atoms with E-state index in [1.54, 1.807) is 12.4 Å². The maximum absolute atomic E-state index is 13.5. The van der Waals surface area contributed by atoms with E-state index in [0.29, 0.717) is 27.1 Å². The van der Waals surface area contributed by atoms with Crippen LogP contribution in [0, 0.1) is 6.92 Å². The molecule has 18 heteroatoms. The average Bonchev–Trinajstić information content (AvgIpc) is 3.53. The Labute approximate surface area is 266 Å². The summed E-state index contributed by atoms with van der Waals surface area (Å²) in [5.41, 5.74) is 2.07. The zero-order valence-electron chi connectivity index (χ0n) is 22.6. The van der Waals surface area contributed by atoms with Gasteiger partial charge in [0.15, 0.2) is 16.7 Å². The summed E-state index contributed by atoms with van der Waals surface area (Å²) in [6.45, 7) is 0.960. The van der Waals surface area contributed by atoms with E-state index in [1.807, 2.05) is 0 Å². The smallest absolute Gasteiger partial charge is 0.352 e. The molecule has 14 nitrogen and oxygen atoms in total. The molecule has 4 heterocycles. The first kappa shape index (κ1) is 31.4. The largest absolute Gasteiger partial charge is 0.508 e. The number of aromatic hydroxyl groups is 1. The summed E-state index contributed by atoms with van der Waals surface area (Å²) < 4.78 is 5.98. The van der Waals surface area contributed by atoms with Crippen LogP contribution < -0.4 is 20.8 Å². The van der Waals surface area contributed by atoms with Gasteiger partial charge in [-0.05, 0) is 30.2 Å². The molecule has 3 aromatic rings. The van der Waals surface area contributed by atoms with Crippen LogP contribution >= 0.6 is 46.5 Å². The van der Waals surface area contributed by atoms with Gasteiger partial charge in [-0.1, -0.05) is 46.8 Å². The first-order chi connectivity index (χ1) is 21.0. The van der Waals surface area contributed by atoms with Crippen LogP contribution in [-0.4, -0.2) is 83.5 Å². The number of ether oxygens (including phenoxy) is 1. The number of hydrogen-bond donors (Lipinski definition) is 5. The van der Waals surface area contributed by atoms with Crippen LogP contribution in [0.2, 0.25) is 5.02 Å². The number of aromatic amines is 1. The number of aromatic nitrogens is 3. The molecule has 0 aliphatic carbocycles. The fourth-order valence-corrected chi connectivity index (χ4v) is 7.53. The molecule has 2 aliphatic heterocycles. The number of nitrogens with one attached hydrogen (secondary N) is 3. The number of halogens is 1. The van der Waals surface area contributed by atoms with E-state index in [-0.39, 0.29) is 27.8 Å². The van der Waals surface area contributed by atoms with Crippen molar-refractivity contribution in [2.24, 2.45) is 0 Å². The second-order valence-electron chi connectivity index (χ2n) is 9.45. The van der Waals surface area contributed by atoms with E-state index in [0.717, 1.165) is 4.90 Å². The number of aryl methyl sites for hydroxylation is 1. The van der Waals surface area contributed by atoms with Gasteiger partial charge >= 0.3 is 5.97 Å². The number of thioether (sulfide) groups is 2. The van der Waals surface area contributed by atoms with Crippen LogP contribution in [0.3, 0.4) is 0 Å². The summed E-state index contributed by atoms with van der Waals surface area (Å²) in [6.07, 6.45) is 1.26. The highest BCUT2D eigenvalue weighted by Gasteiger charge is 2.54. The number of rotatable bonds is 11. The summed E-state index contributed by atoms with van der Waals surface area (Å²) in [6, 6.07) is 3.11. The Hall–Kier alpha value is -4.06. The van der Waals surface area contributed by atoms with Crippen LogP contribution in [0.15, 0.2) is 56.4 Å². The van der Waals surface area contributed by atoms with Crippen LogP contribution in [-0.2, 0) is 19.2 Å². The lowest BCUT2D eigenvalue weighted by atomic mass is 10.0. The molecule has 0 radical (unpaired) electrons. The van der Waals surface area contributed by atoms with Gasteiger partial charge in [0.1, 0.15) is 39.4 Å². The highest BCUT2D eigenvalue weighted by molar-refractivity contribution is 8.01. The van der Waals surface area contributed by atoms with E-state index in [2.05, 4.69) is 25.8 Å². The molecule has 2 aromatic heterocycles. The topological polar surface area (TPSA) is 204 Å². The van der Waals surface area contributed by atoms with Crippen molar-refractivity contribution in [2.75, 3.05) is 18.1 Å². The maximum Gasteiger partial charge on any atom is 0.352 e. The number of aliphatic carboxylic acids is 1. The minimum absolute atomic E-state index is 0.0745. The number of carbonyl (C=O) groups excluding carboxylic acids is 3. The number of carboxylic acid groups (broad SMARTS) is 1. The molecule has 1 saturated heterocycles. The quantitative estimate of drug-likeness (QED) is 0.145. The van der Waals surface area contributed by atoms with Gasteiger partial charge in [0, 0.05) is 23.4 Å². The van der Waals surface area contributed by atoms with Crippen LogP contribution in [0.25, 0.3) is 0 Å². The fraction of sp³-hybridized carbons (Fsp3) is 0.269. The molecule has 5 N–H and O–H groups in total. The van der Waals surface area contributed by atoms with E-state index >= 15 is 0 Å². The monoisotopic (exact) mass is 678 g/mol. The van der Waals surface area contributed by atoms with Crippen molar-refractivity contribution < 1.29 is 34.1 Å². The molecule has 5 rings (SSSR count). The van der Waals surface area contributed by atoms with Gasteiger partial charge in [-0.25, -0.2) is 4.79 Å². The molecule has 1 aromatic carbocycles. The predicted molar refractivity (Wildman–Crippen MR) is 162 cm³/mol. The second kappa shape index (κ2) is 13.3. The van der Waals surface area contributed by atoms with Crippen molar-refractivity contribution in [3.8, 4) is 11.5 Å². The number of fused-ring (bicyclic) bond motifs is 1. The number of pyridine rings is 1. The Morgan fingerprint density at radius 2 is 2.02 bits per heavy atom. The lowest BCUT2D eigenvalue weighted by molar-refractivity contribution is -0.151. The first-order valence-electron chi connectivity index (χ1n) is 12.7. The Bertz CT molecular complexity index is 1700. The Balaban J connectivity index is 1.28. The molecule has 230 valence electrons. The number of H-pyrrole nitrogens is 1. The van der Waals surface area contributed by atoms with Crippen molar-refractivity contribution in [1.82, 2.24) is 30.7 Å². The van der Waals surface area contributed by atoms with Crippen LogP contribution in [0.5, 0.6) is 11.5 Å². The fourth-order valence-electron chi connectivity index (χ4n) is 4.41. The van der Waals surface area contributed by atoms with Crippen molar-refractivity contribution in [3.05, 3.63) is 73.7 Å². The van der Waals surface area contributed by atoms with Gasteiger partial charge in [0.05, 0.1) is 0 Å². The molecule has 1 fully saturated rings. The summed E-state index contributed by atoms with van der Waals surface area (Å²) in [5, 5.41) is 31.7. The number of carbonyl (C=O) groups is 4. The Kier molecular flexibility index (Phi) is 9.48. The zero-order valence-corrected chi connectivity index (χ0v) is 25.8. The zero-order chi connectivity index (χ0) is 31.5. The van der Waals surface area contributed by atoms with Crippen LogP contribution in [0.4, 0.5) is 0 Å². The molecule has 1 unspecified atom stereocenters. The minimum Gasteiger partial charge on any atom is -0.508 e. The predicted octanol–water partition coefficient (Wildman–Crippen LogP) is 1.66. The minimum atomic E-state index is -1.32. The molecule has 0 bridgehead atoms. The number of β-lactam (4-membered cyclic amide) rings is 1. The van der Waals surface area contributed by atoms with E-state index in [9.17, 15) is 34.2 Å². The van der Waals surface area contributed by atoms with E-state index in [4.69, 9.17) is 16.3 Å². The molecule has 2 aliphatic rings. The summed E-state index contributed by atoms with van der Waals surface area (Å²) in [7, 11) is 0. The van der Waals surface area contributed by atoms with Crippen molar-refractivity contribution >= 4 is 70.2 Å². The van der Waals surface area contributed by atoms with Gasteiger partial charge in [-0.15, -0.1) is 22.0 Å². The molecular formula is C26H23ClN6O8S3. The normalized spacial score (nSPS) is 18.2. The van der Waals surface area contributed by atoms with Gasteiger partial charge in [0.25, 0.3) is 11.8 Å². The number of phenolic OH excluding ortho intramolecular Hbond substituents is 1. The van der Waals surface area contributed by atoms with Crippen molar-refractivity contribution in [1.29, 1.82) is 0 Å². The Morgan fingerprint density at radius 1 is 1.27 bits per heavy atom. The SMILES string of the molecule is Cc1[nH]cc(OCC(=O)N[C@@H](C(=O)NC2C(=O)N3C(C(=O)O)=C(CSc4nncs4)CS[C@H]23)c2ccc(O)cc2)c(=O)c1Cl. The summed E-state index contributed by atoms with van der Waals surface area (Å²) in [5.74, 6) is -3.05. The highest BCUT2D eigenvalue weighted by Crippen LogP contribution is 2.42. The number of phenols is 1. The van der Waals surface area contributed by atoms with Gasteiger partial charge in [-0.3, -0.25) is 24.1 Å². The van der Waals surface area contributed by atoms with Gasteiger partial charge in [0.2, 0.25) is 11.3 Å².